The molecule has 0 amide bonds. The fourth-order valence-corrected chi connectivity index (χ4v) is 5.04. The molecule has 3 aliphatic rings. The molecule has 0 saturated carbocycles. The van der Waals surface area contributed by atoms with E-state index >= 15 is 0 Å². The lowest BCUT2D eigenvalue weighted by Gasteiger charge is -2.45. The number of ether oxygens (including phenoxy) is 4. The van der Waals surface area contributed by atoms with Crippen LogP contribution in [-0.4, -0.2) is 110 Å². The molecule has 0 spiro atoms. The van der Waals surface area contributed by atoms with Gasteiger partial charge in [0, 0.05) is 5.56 Å². The molecule has 2 aromatic carbocycles. The number of carbonyl (C=O) groups is 1. The van der Waals surface area contributed by atoms with Gasteiger partial charge in [0.1, 0.15) is 48.1 Å². The van der Waals surface area contributed by atoms with Gasteiger partial charge in [-0.25, -0.2) is 0 Å². The van der Waals surface area contributed by atoms with Crippen molar-refractivity contribution in [1.29, 1.82) is 0 Å². The van der Waals surface area contributed by atoms with E-state index in [1.807, 2.05) is 0 Å². The van der Waals surface area contributed by atoms with Crippen LogP contribution in [0.4, 0.5) is 0 Å². The average Bonchev–Trinajstić information content (AvgIpc) is 2.90. The Morgan fingerprint density at radius 2 is 1.66 bits per heavy atom. The molecule has 0 bridgehead atoms. The van der Waals surface area contributed by atoms with Crippen LogP contribution < -0.4 is 4.74 Å². The smallest absolute Gasteiger partial charge is 0.229 e. The molecule has 2 fully saturated rings. The normalized spacial score (nSPS) is 36.9. The summed E-state index contributed by atoms with van der Waals surface area (Å²) >= 11 is 0. The van der Waals surface area contributed by atoms with Gasteiger partial charge >= 0.3 is 0 Å². The van der Waals surface area contributed by atoms with Gasteiger partial charge in [-0.3, -0.25) is 4.79 Å². The Kier molecular flexibility index (Phi) is 7.44. The van der Waals surface area contributed by atoms with E-state index in [1.54, 1.807) is 24.3 Å². The molecule has 0 unspecified atom stereocenters. The number of aliphatic hydroxyl groups is 6. The number of hydrogen-bond acceptors (Lipinski definition) is 12. The van der Waals surface area contributed by atoms with E-state index in [9.17, 15) is 40.5 Å². The molecular formula is C26H30O12. The number of benzene rings is 2. The molecule has 0 radical (unpaired) electrons. The third-order valence-electron chi connectivity index (χ3n) is 7.24. The molecule has 1 aliphatic carbocycles. The second-order valence-corrected chi connectivity index (χ2v) is 9.74. The number of ketones is 1. The maximum absolute atomic E-state index is 13.2. The molecule has 2 heterocycles. The second kappa shape index (κ2) is 10.5. The first kappa shape index (κ1) is 26.9. The van der Waals surface area contributed by atoms with Crippen molar-refractivity contribution in [3.05, 3.63) is 58.7 Å². The summed E-state index contributed by atoms with van der Waals surface area (Å²) in [7, 11) is 0. The van der Waals surface area contributed by atoms with Crippen LogP contribution in [-0.2, 0) is 20.6 Å². The van der Waals surface area contributed by atoms with Crippen LogP contribution in [0.2, 0.25) is 0 Å². The van der Waals surface area contributed by atoms with Gasteiger partial charge in [-0.15, -0.1) is 0 Å². The third-order valence-corrected chi connectivity index (χ3v) is 7.24. The van der Waals surface area contributed by atoms with Crippen LogP contribution in [0.25, 0.3) is 0 Å². The zero-order valence-corrected chi connectivity index (χ0v) is 20.3. The summed E-state index contributed by atoms with van der Waals surface area (Å²) in [5.74, 6) is -0.404. The van der Waals surface area contributed by atoms with Crippen LogP contribution in [0.15, 0.2) is 36.4 Å². The molecule has 5 rings (SSSR count). The van der Waals surface area contributed by atoms with Crippen molar-refractivity contribution >= 4 is 5.78 Å². The molecule has 2 aromatic rings. The predicted molar refractivity (Wildman–Crippen MR) is 126 cm³/mol. The van der Waals surface area contributed by atoms with Crippen LogP contribution in [0.3, 0.4) is 0 Å². The van der Waals surface area contributed by atoms with Crippen LogP contribution in [0.1, 0.15) is 34.0 Å². The molecule has 7 N–H and O–H groups in total. The summed E-state index contributed by atoms with van der Waals surface area (Å²) < 4.78 is 22.7. The molecule has 206 valence electrons. The number of aliphatic hydroxyl groups excluding tert-OH is 6. The Bertz CT molecular complexity index is 1190. The predicted octanol–water partition coefficient (Wildman–Crippen LogP) is -1.44. The van der Waals surface area contributed by atoms with E-state index in [2.05, 4.69) is 0 Å². The molecule has 12 heteroatoms. The van der Waals surface area contributed by atoms with Gasteiger partial charge in [-0.1, -0.05) is 18.2 Å². The number of phenolic OH excluding ortho intramolecular Hbond substituents is 1. The minimum Gasteiger partial charge on any atom is -0.507 e. The monoisotopic (exact) mass is 534 g/mol. The van der Waals surface area contributed by atoms with Gasteiger partial charge in [0.25, 0.3) is 0 Å². The van der Waals surface area contributed by atoms with Gasteiger partial charge in [-0.05, 0) is 42.7 Å². The largest absolute Gasteiger partial charge is 0.507 e. The lowest BCUT2D eigenvalue weighted by atomic mass is 9.84. The summed E-state index contributed by atoms with van der Waals surface area (Å²) in [5.41, 5.74) is 1.89. The summed E-state index contributed by atoms with van der Waals surface area (Å²) in [6, 6.07) is 9.55. The molecule has 0 aromatic heterocycles. The second-order valence-electron chi connectivity index (χ2n) is 9.74. The fourth-order valence-electron chi connectivity index (χ4n) is 5.04. The molecule has 12 nitrogen and oxygen atoms in total. The van der Waals surface area contributed by atoms with E-state index < -0.39 is 73.8 Å². The minimum atomic E-state index is -1.70. The topological polar surface area (TPSA) is 196 Å². The van der Waals surface area contributed by atoms with E-state index in [4.69, 9.17) is 18.9 Å². The van der Waals surface area contributed by atoms with Gasteiger partial charge in [-0.2, -0.15) is 0 Å². The van der Waals surface area contributed by atoms with Crippen molar-refractivity contribution < 1.29 is 59.5 Å². The van der Waals surface area contributed by atoms with E-state index in [1.165, 1.54) is 19.1 Å². The van der Waals surface area contributed by atoms with Crippen molar-refractivity contribution in [2.24, 2.45) is 0 Å². The highest BCUT2D eigenvalue weighted by atomic mass is 16.8. The number of rotatable bonds is 5. The number of phenols is 1. The highest BCUT2D eigenvalue weighted by Crippen LogP contribution is 2.36. The minimum absolute atomic E-state index is 0.129. The highest BCUT2D eigenvalue weighted by molar-refractivity contribution is 6.14. The SMILES string of the molecule is C[C@@H]1O[C@@H](O[C@H]2[C@H](Oc3ccc4c(c3)C(=O)c3c(O)cccc3C4)O[C@H](CO)[C@@H](O)[C@@H]2O)[C@H](O)[C@H](O)[C@H]1O. The molecular weight excluding hydrogens is 504 g/mol. The number of carbonyl (C=O) groups excluding carboxylic acids is 1. The van der Waals surface area contributed by atoms with E-state index in [0.29, 0.717) is 23.1 Å². The van der Waals surface area contributed by atoms with Crippen LogP contribution >= 0.6 is 0 Å². The Morgan fingerprint density at radius 3 is 2.39 bits per heavy atom. The Morgan fingerprint density at radius 1 is 0.895 bits per heavy atom. The van der Waals surface area contributed by atoms with Crippen LogP contribution in [0.5, 0.6) is 11.5 Å². The first-order valence-corrected chi connectivity index (χ1v) is 12.2. The summed E-state index contributed by atoms with van der Waals surface area (Å²) in [4.78, 5) is 13.2. The maximum atomic E-state index is 13.2. The standard InChI is InChI=1S/C26H30O12/c1-10-18(29)21(32)23(34)25(35-10)38-24-22(33)20(31)16(9-27)37-26(24)36-13-6-5-11-7-12-3-2-4-15(28)17(12)19(30)14(11)8-13/h2-6,8,10,16,18,20-29,31-34H,7,9H2,1H3/t10-,16+,18-,20+,21+,22-,23+,24+,25-,26+/m0/s1. The van der Waals surface area contributed by atoms with E-state index in [0.717, 1.165) is 0 Å². The lowest BCUT2D eigenvalue weighted by molar-refractivity contribution is -0.354. The highest BCUT2D eigenvalue weighted by Gasteiger charge is 2.51. The summed E-state index contributed by atoms with van der Waals surface area (Å²) in [6.07, 6.45) is -14.2. The summed E-state index contributed by atoms with van der Waals surface area (Å²) in [5, 5.41) is 71.5. The van der Waals surface area contributed by atoms with E-state index in [-0.39, 0.29) is 17.1 Å². The third kappa shape index (κ3) is 4.68. The summed E-state index contributed by atoms with van der Waals surface area (Å²) in [6.45, 7) is 0.794. The van der Waals surface area contributed by atoms with Gasteiger partial charge < -0.3 is 54.7 Å². The Hall–Kier alpha value is -2.65. The van der Waals surface area contributed by atoms with Gasteiger partial charge in [0.15, 0.2) is 18.2 Å². The van der Waals surface area contributed by atoms with Crippen molar-refractivity contribution in [1.82, 2.24) is 0 Å². The van der Waals surface area contributed by atoms with Crippen molar-refractivity contribution in [2.75, 3.05) is 6.61 Å². The van der Waals surface area contributed by atoms with Crippen molar-refractivity contribution in [3.8, 4) is 11.5 Å². The first-order chi connectivity index (χ1) is 18.1. The molecule has 2 aliphatic heterocycles. The zero-order chi connectivity index (χ0) is 27.3. The lowest BCUT2D eigenvalue weighted by Crippen LogP contribution is -2.64. The maximum Gasteiger partial charge on any atom is 0.229 e. The first-order valence-electron chi connectivity index (χ1n) is 12.2. The number of hydrogen-bond donors (Lipinski definition) is 7. The number of fused-ring (bicyclic) bond motifs is 2. The molecule has 38 heavy (non-hydrogen) atoms. The zero-order valence-electron chi connectivity index (χ0n) is 20.3. The Labute approximate surface area is 217 Å². The van der Waals surface area contributed by atoms with Crippen LogP contribution in [0, 0.1) is 0 Å². The van der Waals surface area contributed by atoms with Gasteiger partial charge in [0.2, 0.25) is 6.29 Å². The quantitative estimate of drug-likeness (QED) is 0.202. The van der Waals surface area contributed by atoms with Gasteiger partial charge in [0.05, 0.1) is 18.3 Å². The number of aromatic hydroxyl groups is 1. The molecule has 2 saturated heterocycles. The average molecular weight is 535 g/mol. The fraction of sp³-hybridized carbons (Fsp3) is 0.500. The van der Waals surface area contributed by atoms with Crippen molar-refractivity contribution in [3.63, 3.8) is 0 Å². The molecule has 10 atom stereocenters. The Balaban J connectivity index is 1.41. The van der Waals surface area contributed by atoms with Crippen molar-refractivity contribution in [2.45, 2.75) is 74.8 Å².